The van der Waals surface area contributed by atoms with Crippen LogP contribution in [0.2, 0.25) is 5.02 Å². The van der Waals surface area contributed by atoms with Crippen LogP contribution in [0.15, 0.2) is 51.9 Å². The summed E-state index contributed by atoms with van der Waals surface area (Å²) >= 11 is 6.86. The van der Waals surface area contributed by atoms with Gasteiger partial charge in [0.05, 0.1) is 22.6 Å². The third-order valence-corrected chi connectivity index (χ3v) is 5.22. The van der Waals surface area contributed by atoms with Crippen molar-refractivity contribution in [2.24, 2.45) is 0 Å². The zero-order valence-corrected chi connectivity index (χ0v) is 18.0. The van der Waals surface area contributed by atoms with Gasteiger partial charge in [0.1, 0.15) is 0 Å². The lowest BCUT2D eigenvalue weighted by Crippen LogP contribution is -2.23. The third kappa shape index (κ3) is 6.24. The van der Waals surface area contributed by atoms with Crippen molar-refractivity contribution in [3.05, 3.63) is 70.3 Å². The largest absolute Gasteiger partial charge is 0.452 e. The number of aromatic nitrogens is 2. The summed E-state index contributed by atoms with van der Waals surface area (Å²) in [5.74, 6) is -0.579. The zero-order valence-electron chi connectivity index (χ0n) is 16.4. The summed E-state index contributed by atoms with van der Waals surface area (Å²) in [6, 6.07) is 9.43. The first kappa shape index (κ1) is 23.6. The van der Waals surface area contributed by atoms with Gasteiger partial charge in [-0.3, -0.25) is 4.79 Å². The second-order valence-electron chi connectivity index (χ2n) is 6.33. The second-order valence-corrected chi connectivity index (χ2v) is 7.79. The molecule has 1 N–H and O–H groups in total. The number of hydrogen-bond donors (Lipinski definition) is 1. The van der Waals surface area contributed by atoms with Gasteiger partial charge < -0.3 is 14.6 Å². The van der Waals surface area contributed by atoms with E-state index in [1.807, 2.05) is 0 Å². The van der Waals surface area contributed by atoms with Gasteiger partial charge in [-0.1, -0.05) is 28.9 Å². The summed E-state index contributed by atoms with van der Waals surface area (Å²) in [6.07, 6.45) is -4.72. The molecule has 0 aliphatic heterocycles. The first-order valence-electron chi connectivity index (χ1n) is 8.98. The van der Waals surface area contributed by atoms with Crippen molar-refractivity contribution in [1.82, 2.24) is 10.1 Å². The van der Waals surface area contributed by atoms with E-state index < -0.39 is 35.9 Å². The Morgan fingerprint density at radius 1 is 1.22 bits per heavy atom. The van der Waals surface area contributed by atoms with E-state index in [0.717, 1.165) is 6.07 Å². The predicted octanol–water partition coefficient (Wildman–Crippen LogP) is 5.14. The highest BCUT2D eigenvalue weighted by Gasteiger charge is 2.34. The molecule has 0 atom stereocenters. The average Bonchev–Trinajstić information content (AvgIpc) is 3.16. The molecule has 3 aromatic rings. The highest BCUT2D eigenvalue weighted by atomic mass is 35.5. The average molecular weight is 486 g/mol. The molecule has 0 saturated heterocycles. The maximum atomic E-state index is 13.1. The molecule has 0 aliphatic rings. The number of ether oxygens (including phenoxy) is 1. The van der Waals surface area contributed by atoms with Gasteiger partial charge in [-0.15, -0.1) is 11.8 Å². The fourth-order valence-corrected chi connectivity index (χ4v) is 3.60. The van der Waals surface area contributed by atoms with Crippen LogP contribution in [0.3, 0.4) is 0 Å². The highest BCUT2D eigenvalue weighted by Crippen LogP contribution is 2.36. The minimum absolute atomic E-state index is 0.133. The van der Waals surface area contributed by atoms with Crippen LogP contribution < -0.4 is 5.32 Å². The van der Waals surface area contributed by atoms with E-state index in [0.29, 0.717) is 28.4 Å². The molecule has 0 aliphatic carbocycles. The molecule has 12 heteroatoms. The van der Waals surface area contributed by atoms with Crippen molar-refractivity contribution in [2.45, 2.75) is 23.7 Å². The van der Waals surface area contributed by atoms with Crippen LogP contribution in [-0.2, 0) is 21.5 Å². The van der Waals surface area contributed by atoms with E-state index in [9.17, 15) is 22.8 Å². The van der Waals surface area contributed by atoms with Gasteiger partial charge in [0.25, 0.3) is 5.91 Å². The molecule has 0 radical (unpaired) electrons. The number of alkyl halides is 3. The molecule has 168 valence electrons. The normalized spacial score (nSPS) is 11.3. The van der Waals surface area contributed by atoms with Crippen molar-refractivity contribution in [3.8, 4) is 0 Å². The van der Waals surface area contributed by atoms with Gasteiger partial charge >= 0.3 is 12.1 Å². The molecule has 1 amide bonds. The number of carbonyl (C=O) groups excluding carboxylic acids is 2. The Morgan fingerprint density at radius 2 is 1.97 bits per heavy atom. The van der Waals surface area contributed by atoms with Crippen LogP contribution in [0.1, 0.15) is 27.6 Å². The highest BCUT2D eigenvalue weighted by molar-refractivity contribution is 7.98. The number of amides is 1. The van der Waals surface area contributed by atoms with E-state index in [2.05, 4.69) is 15.5 Å². The van der Waals surface area contributed by atoms with Gasteiger partial charge in [-0.2, -0.15) is 18.2 Å². The summed E-state index contributed by atoms with van der Waals surface area (Å²) < 4.78 is 49.4. The van der Waals surface area contributed by atoms with E-state index in [1.165, 1.54) is 23.9 Å². The van der Waals surface area contributed by atoms with Crippen molar-refractivity contribution in [3.63, 3.8) is 0 Å². The molecule has 0 fully saturated rings. The number of nitrogens with one attached hydrogen (secondary N) is 1. The number of esters is 1. The maximum absolute atomic E-state index is 13.1. The first-order valence-corrected chi connectivity index (χ1v) is 10.3. The monoisotopic (exact) mass is 485 g/mol. The Bertz CT molecular complexity index is 1140. The number of carbonyl (C=O) groups is 2. The lowest BCUT2D eigenvalue weighted by atomic mass is 10.1. The standard InChI is InChI=1S/C20H15ClF3N3O4S/c1-11-25-18(31-27-11)10-32-16-5-3-2-4-13(16)19(29)30-9-17(28)26-15-7-6-12(21)8-14(15)20(22,23)24/h2-8H,9-10H2,1H3,(H,26,28). The van der Waals surface area contributed by atoms with Crippen molar-refractivity contribution in [1.29, 1.82) is 0 Å². The molecule has 0 unspecified atom stereocenters. The molecule has 0 spiro atoms. The minimum Gasteiger partial charge on any atom is -0.452 e. The van der Waals surface area contributed by atoms with E-state index >= 15 is 0 Å². The van der Waals surface area contributed by atoms with Crippen LogP contribution in [0.5, 0.6) is 0 Å². The van der Waals surface area contributed by atoms with E-state index in [4.69, 9.17) is 20.9 Å². The molecule has 32 heavy (non-hydrogen) atoms. The summed E-state index contributed by atoms with van der Waals surface area (Å²) in [7, 11) is 0. The molecular formula is C20H15ClF3N3O4S. The van der Waals surface area contributed by atoms with Gasteiger partial charge in [-0.05, 0) is 37.3 Å². The van der Waals surface area contributed by atoms with Gasteiger partial charge in [-0.25, -0.2) is 4.79 Å². The van der Waals surface area contributed by atoms with E-state index in [-0.39, 0.29) is 10.6 Å². The number of nitrogens with zero attached hydrogens (tertiary/aromatic N) is 2. The number of rotatable bonds is 7. The Kier molecular flexibility index (Phi) is 7.41. The fourth-order valence-electron chi connectivity index (χ4n) is 2.55. The Morgan fingerprint density at radius 3 is 2.66 bits per heavy atom. The maximum Gasteiger partial charge on any atom is 0.418 e. The molecule has 2 aromatic carbocycles. The molecule has 1 aromatic heterocycles. The quantitative estimate of drug-likeness (QED) is 0.366. The van der Waals surface area contributed by atoms with Gasteiger partial charge in [0, 0.05) is 9.92 Å². The number of aryl methyl sites for hydroxylation is 1. The van der Waals surface area contributed by atoms with Crippen molar-refractivity contribution < 1.29 is 32.0 Å². The summed E-state index contributed by atoms with van der Waals surface area (Å²) in [6.45, 7) is 0.899. The van der Waals surface area contributed by atoms with Gasteiger partial charge in [0.15, 0.2) is 12.4 Å². The van der Waals surface area contributed by atoms with Gasteiger partial charge in [0.2, 0.25) is 5.89 Å². The van der Waals surface area contributed by atoms with Crippen molar-refractivity contribution >= 4 is 40.9 Å². The molecule has 3 rings (SSSR count). The van der Waals surface area contributed by atoms with E-state index in [1.54, 1.807) is 25.1 Å². The number of halogens is 4. The molecule has 1 heterocycles. The molecule has 0 saturated carbocycles. The lowest BCUT2D eigenvalue weighted by Gasteiger charge is -2.14. The third-order valence-electron chi connectivity index (χ3n) is 3.92. The Hall–Kier alpha value is -3.05. The van der Waals surface area contributed by atoms with Crippen LogP contribution in [-0.4, -0.2) is 28.6 Å². The summed E-state index contributed by atoms with van der Waals surface area (Å²) in [4.78, 5) is 29.2. The molecule has 7 nitrogen and oxygen atoms in total. The first-order chi connectivity index (χ1) is 15.1. The predicted molar refractivity (Wildman–Crippen MR) is 110 cm³/mol. The van der Waals surface area contributed by atoms with Crippen LogP contribution >= 0.6 is 23.4 Å². The molecule has 0 bridgehead atoms. The van der Waals surface area contributed by atoms with Crippen LogP contribution in [0.25, 0.3) is 0 Å². The smallest absolute Gasteiger partial charge is 0.418 e. The Balaban J connectivity index is 1.62. The van der Waals surface area contributed by atoms with Crippen molar-refractivity contribution in [2.75, 3.05) is 11.9 Å². The SMILES string of the molecule is Cc1noc(CSc2ccccc2C(=O)OCC(=O)Nc2ccc(Cl)cc2C(F)(F)F)n1. The second kappa shape index (κ2) is 10.0. The Labute approximate surface area is 189 Å². The molecular weight excluding hydrogens is 471 g/mol. The summed E-state index contributed by atoms with van der Waals surface area (Å²) in [5.41, 5.74) is -1.42. The fraction of sp³-hybridized carbons (Fsp3) is 0.200. The zero-order chi connectivity index (χ0) is 23.3. The minimum atomic E-state index is -4.72. The van der Waals surface area contributed by atoms with Crippen LogP contribution in [0, 0.1) is 6.92 Å². The number of hydrogen-bond acceptors (Lipinski definition) is 7. The van der Waals surface area contributed by atoms with Crippen LogP contribution in [0.4, 0.5) is 18.9 Å². The number of anilines is 1. The number of thioether (sulfide) groups is 1. The topological polar surface area (TPSA) is 94.3 Å². The lowest BCUT2D eigenvalue weighted by molar-refractivity contribution is -0.137. The summed E-state index contributed by atoms with van der Waals surface area (Å²) in [5, 5.41) is 5.64. The number of benzene rings is 2.